The van der Waals surface area contributed by atoms with Gasteiger partial charge in [-0.15, -0.1) is 0 Å². The second-order valence-electron chi connectivity index (χ2n) is 3.94. The van der Waals surface area contributed by atoms with Crippen molar-refractivity contribution in [3.05, 3.63) is 11.8 Å². The summed E-state index contributed by atoms with van der Waals surface area (Å²) in [5, 5.41) is 3.01. The first-order valence-electron chi connectivity index (χ1n) is 5.20. The Bertz CT molecular complexity index is 306. The molecule has 1 rings (SSSR count). The average molecular weight is 233 g/mol. The number of primary amides is 1. The highest BCUT2D eigenvalue weighted by Gasteiger charge is 2.42. The van der Waals surface area contributed by atoms with Gasteiger partial charge < -0.3 is 10.7 Å². The molecular formula is C10H17F2N3O. The lowest BCUT2D eigenvalue weighted by molar-refractivity contribution is -0.116. The summed E-state index contributed by atoms with van der Waals surface area (Å²) in [5.41, 5.74) is 5.07. The van der Waals surface area contributed by atoms with Crippen LogP contribution in [0.1, 0.15) is 20.3 Å². The van der Waals surface area contributed by atoms with Crippen molar-refractivity contribution in [2.45, 2.75) is 38.8 Å². The van der Waals surface area contributed by atoms with Gasteiger partial charge in [0.15, 0.2) is 0 Å². The van der Waals surface area contributed by atoms with E-state index in [1.807, 2.05) is 13.8 Å². The van der Waals surface area contributed by atoms with Gasteiger partial charge in [0.05, 0.1) is 5.57 Å². The van der Waals surface area contributed by atoms with Crippen LogP contribution in [0.15, 0.2) is 11.8 Å². The number of carbonyl (C=O) groups is 1. The number of nitrogens with zero attached hydrogens (tertiary/aromatic N) is 2. The molecule has 1 amide bonds. The first-order valence-corrected chi connectivity index (χ1v) is 5.20. The number of hydrazine groups is 1. The lowest BCUT2D eigenvalue weighted by Crippen LogP contribution is -2.49. The molecule has 0 radical (unpaired) electrons. The molecule has 16 heavy (non-hydrogen) atoms. The second kappa shape index (κ2) is 4.78. The highest BCUT2D eigenvalue weighted by molar-refractivity contribution is 5.93. The van der Waals surface area contributed by atoms with Gasteiger partial charge in [0, 0.05) is 19.3 Å². The van der Waals surface area contributed by atoms with Gasteiger partial charge in [0.1, 0.15) is 6.04 Å². The summed E-state index contributed by atoms with van der Waals surface area (Å²) < 4.78 is 25.9. The van der Waals surface area contributed by atoms with Crippen LogP contribution < -0.4 is 5.73 Å². The second-order valence-corrected chi connectivity index (χ2v) is 3.94. The van der Waals surface area contributed by atoms with Crippen LogP contribution >= 0.6 is 0 Å². The Hall–Kier alpha value is -1.17. The first kappa shape index (κ1) is 12.9. The fraction of sp³-hybridized carbons (Fsp3) is 0.700. The number of halogens is 2. The van der Waals surface area contributed by atoms with Crippen LogP contribution in [0.5, 0.6) is 0 Å². The number of hydrogen-bond acceptors (Lipinski definition) is 3. The van der Waals surface area contributed by atoms with Crippen LogP contribution in [-0.2, 0) is 4.79 Å². The molecule has 1 heterocycles. The topological polar surface area (TPSA) is 49.6 Å². The Morgan fingerprint density at radius 1 is 1.62 bits per heavy atom. The summed E-state index contributed by atoms with van der Waals surface area (Å²) in [6, 6.07) is -1.30. The van der Waals surface area contributed by atoms with Crippen LogP contribution in [0.4, 0.5) is 8.78 Å². The van der Waals surface area contributed by atoms with Gasteiger partial charge in [0.25, 0.3) is 6.43 Å². The standard InChI is InChI=1S/C10H17F2N3O/c1-4-6(2)15-8(9(11)12)7(10(13)16)5-14(15)3/h5-6,8-9H,4H2,1-3H3,(H2,13,16). The van der Waals surface area contributed by atoms with E-state index in [9.17, 15) is 13.6 Å². The summed E-state index contributed by atoms with van der Waals surface area (Å²) in [7, 11) is 1.64. The highest BCUT2D eigenvalue weighted by Crippen LogP contribution is 2.29. The van der Waals surface area contributed by atoms with Crippen LogP contribution in [0.2, 0.25) is 0 Å². The molecule has 2 atom stereocenters. The number of nitrogens with two attached hydrogens (primary N) is 1. The van der Waals surface area contributed by atoms with Gasteiger partial charge in [-0.2, -0.15) is 0 Å². The van der Waals surface area contributed by atoms with Gasteiger partial charge in [-0.05, 0) is 13.3 Å². The van der Waals surface area contributed by atoms with Crippen molar-refractivity contribution in [2.24, 2.45) is 5.73 Å². The third-order valence-electron chi connectivity index (χ3n) is 2.86. The molecule has 2 N–H and O–H groups in total. The Balaban J connectivity index is 3.01. The van der Waals surface area contributed by atoms with Gasteiger partial charge in [-0.1, -0.05) is 6.92 Å². The zero-order chi connectivity index (χ0) is 12.5. The van der Waals surface area contributed by atoms with Crippen molar-refractivity contribution in [3.8, 4) is 0 Å². The molecule has 0 aliphatic carbocycles. The van der Waals surface area contributed by atoms with Gasteiger partial charge in [0.2, 0.25) is 5.91 Å². The van der Waals surface area contributed by atoms with E-state index in [-0.39, 0.29) is 11.6 Å². The molecular weight excluding hydrogens is 216 g/mol. The molecule has 0 aromatic heterocycles. The number of rotatable bonds is 4. The van der Waals surface area contributed by atoms with Crippen molar-refractivity contribution < 1.29 is 13.6 Å². The molecule has 0 aromatic carbocycles. The minimum Gasteiger partial charge on any atom is -0.366 e. The average Bonchev–Trinajstić information content (AvgIpc) is 2.55. The van der Waals surface area contributed by atoms with Crippen molar-refractivity contribution in [1.82, 2.24) is 10.0 Å². The Labute approximate surface area is 93.7 Å². The molecule has 0 bridgehead atoms. The molecule has 6 heteroatoms. The van der Waals surface area contributed by atoms with Crippen molar-refractivity contribution in [2.75, 3.05) is 7.05 Å². The number of carbonyl (C=O) groups excluding carboxylic acids is 1. The van der Waals surface area contributed by atoms with Gasteiger partial charge in [-0.3, -0.25) is 4.79 Å². The van der Waals surface area contributed by atoms with Gasteiger partial charge in [-0.25, -0.2) is 13.8 Å². The normalized spacial score (nSPS) is 23.8. The highest BCUT2D eigenvalue weighted by atomic mass is 19.3. The minimum atomic E-state index is -2.63. The van der Waals surface area contributed by atoms with E-state index in [0.29, 0.717) is 6.42 Å². The van der Waals surface area contributed by atoms with Crippen molar-refractivity contribution in [3.63, 3.8) is 0 Å². The molecule has 0 spiro atoms. The largest absolute Gasteiger partial charge is 0.366 e. The number of hydrogen-bond donors (Lipinski definition) is 1. The quantitative estimate of drug-likeness (QED) is 0.786. The Morgan fingerprint density at radius 2 is 2.19 bits per heavy atom. The van der Waals surface area contributed by atoms with E-state index in [0.717, 1.165) is 0 Å². The number of alkyl halides is 2. The van der Waals surface area contributed by atoms with E-state index < -0.39 is 18.4 Å². The molecule has 0 saturated heterocycles. The summed E-state index contributed by atoms with van der Waals surface area (Å²) in [6.45, 7) is 3.74. The van der Waals surface area contributed by atoms with Crippen LogP contribution in [0.25, 0.3) is 0 Å². The zero-order valence-electron chi connectivity index (χ0n) is 9.65. The number of amides is 1. The van der Waals surface area contributed by atoms with E-state index in [4.69, 9.17) is 5.73 Å². The van der Waals surface area contributed by atoms with E-state index >= 15 is 0 Å². The first-order chi connectivity index (χ1) is 7.40. The fourth-order valence-corrected chi connectivity index (χ4v) is 1.92. The predicted molar refractivity (Wildman–Crippen MR) is 56.4 cm³/mol. The lowest BCUT2D eigenvalue weighted by Gasteiger charge is -2.35. The molecule has 0 saturated carbocycles. The van der Waals surface area contributed by atoms with Gasteiger partial charge >= 0.3 is 0 Å². The molecule has 0 aromatic rings. The molecule has 1 aliphatic heterocycles. The summed E-state index contributed by atoms with van der Waals surface area (Å²) in [6.07, 6.45) is -0.531. The Kier molecular flexibility index (Phi) is 3.85. The van der Waals surface area contributed by atoms with Crippen LogP contribution in [0, 0.1) is 0 Å². The predicted octanol–water partition coefficient (Wildman–Crippen LogP) is 0.950. The van der Waals surface area contributed by atoms with Crippen molar-refractivity contribution >= 4 is 5.91 Å². The third kappa shape index (κ3) is 2.16. The molecule has 0 fully saturated rings. The minimum absolute atomic E-state index is 0.0298. The summed E-state index contributed by atoms with van der Waals surface area (Å²) >= 11 is 0. The monoisotopic (exact) mass is 233 g/mol. The fourth-order valence-electron chi connectivity index (χ4n) is 1.92. The summed E-state index contributed by atoms with van der Waals surface area (Å²) in [5.74, 6) is -0.789. The summed E-state index contributed by atoms with van der Waals surface area (Å²) in [4.78, 5) is 11.1. The van der Waals surface area contributed by atoms with Crippen molar-refractivity contribution in [1.29, 1.82) is 0 Å². The van der Waals surface area contributed by atoms with E-state index in [1.54, 1.807) is 7.05 Å². The smallest absolute Gasteiger partial charge is 0.260 e. The van der Waals surface area contributed by atoms with E-state index in [1.165, 1.54) is 16.2 Å². The SMILES string of the molecule is CCC(C)N1C(C(F)F)C(C(N)=O)=CN1C. The molecule has 4 nitrogen and oxygen atoms in total. The maximum atomic E-state index is 13.0. The zero-order valence-corrected chi connectivity index (χ0v) is 9.65. The maximum Gasteiger partial charge on any atom is 0.260 e. The lowest BCUT2D eigenvalue weighted by atomic mass is 10.1. The molecule has 92 valence electrons. The van der Waals surface area contributed by atoms with Crippen LogP contribution in [-0.4, -0.2) is 41.5 Å². The molecule has 2 unspecified atom stereocenters. The van der Waals surface area contributed by atoms with E-state index in [2.05, 4.69) is 0 Å². The van der Waals surface area contributed by atoms with Crippen LogP contribution in [0.3, 0.4) is 0 Å². The maximum absolute atomic E-state index is 13.0. The molecule has 1 aliphatic rings. The Morgan fingerprint density at radius 3 is 2.56 bits per heavy atom. The third-order valence-corrected chi connectivity index (χ3v) is 2.86.